The van der Waals surface area contributed by atoms with Gasteiger partial charge in [0.1, 0.15) is 5.69 Å². The van der Waals surface area contributed by atoms with E-state index in [9.17, 15) is 4.79 Å². The molecular weight excluding hydrogens is 142 g/mol. The van der Waals surface area contributed by atoms with Gasteiger partial charge < -0.3 is 5.73 Å². The van der Waals surface area contributed by atoms with Crippen molar-refractivity contribution in [3.63, 3.8) is 0 Å². The molecule has 3 N–H and O–H groups in total. The first kappa shape index (κ1) is 6.39. The molecule has 0 amide bonds. The molecule has 1 fully saturated rings. The highest BCUT2D eigenvalue weighted by Gasteiger charge is 2.25. The van der Waals surface area contributed by atoms with Gasteiger partial charge in [-0.1, -0.05) is 0 Å². The lowest BCUT2D eigenvalue weighted by Gasteiger charge is -1.95. The summed E-state index contributed by atoms with van der Waals surface area (Å²) in [6, 6.07) is 1.66. The standard InChI is InChI=1S/C7H9N3O/c8-5-3-6(4-1-2-4)9-10-7(5)11/h3-4H,1-2H2,(H2,8,9)(H,10,11). The molecule has 1 saturated carbocycles. The van der Waals surface area contributed by atoms with Crippen LogP contribution >= 0.6 is 0 Å². The van der Waals surface area contributed by atoms with E-state index in [-0.39, 0.29) is 11.2 Å². The molecule has 0 bridgehead atoms. The Morgan fingerprint density at radius 2 is 2.36 bits per heavy atom. The van der Waals surface area contributed by atoms with E-state index in [0.29, 0.717) is 5.92 Å². The Hall–Kier alpha value is -1.32. The Bertz CT molecular complexity index is 327. The number of nitrogens with two attached hydrogens (primary N) is 1. The minimum Gasteiger partial charge on any atom is -0.394 e. The Kier molecular flexibility index (Phi) is 1.21. The number of hydrogen-bond donors (Lipinski definition) is 2. The van der Waals surface area contributed by atoms with E-state index >= 15 is 0 Å². The van der Waals surface area contributed by atoms with Gasteiger partial charge in [0.25, 0.3) is 5.56 Å². The number of aromatic nitrogens is 2. The van der Waals surface area contributed by atoms with Crippen molar-refractivity contribution < 1.29 is 0 Å². The third kappa shape index (κ3) is 1.11. The fourth-order valence-corrected chi connectivity index (χ4v) is 1.03. The molecule has 1 heterocycles. The van der Waals surface area contributed by atoms with E-state index in [2.05, 4.69) is 10.2 Å². The zero-order valence-electron chi connectivity index (χ0n) is 6.00. The maximum Gasteiger partial charge on any atom is 0.287 e. The summed E-state index contributed by atoms with van der Waals surface area (Å²) in [7, 11) is 0. The fourth-order valence-electron chi connectivity index (χ4n) is 1.03. The Morgan fingerprint density at radius 3 is 2.91 bits per heavy atom. The van der Waals surface area contributed by atoms with Crippen molar-refractivity contribution in [2.45, 2.75) is 18.8 Å². The van der Waals surface area contributed by atoms with Crippen LogP contribution < -0.4 is 11.3 Å². The first-order valence-corrected chi connectivity index (χ1v) is 3.62. The second-order valence-corrected chi connectivity index (χ2v) is 2.85. The van der Waals surface area contributed by atoms with Crippen molar-refractivity contribution in [2.24, 2.45) is 0 Å². The van der Waals surface area contributed by atoms with Crippen molar-refractivity contribution >= 4 is 5.69 Å². The molecule has 1 aromatic rings. The highest BCUT2D eigenvalue weighted by atomic mass is 16.1. The van der Waals surface area contributed by atoms with Gasteiger partial charge in [0, 0.05) is 5.92 Å². The van der Waals surface area contributed by atoms with Crippen LogP contribution in [0.15, 0.2) is 10.9 Å². The summed E-state index contributed by atoms with van der Waals surface area (Å²) in [4.78, 5) is 10.8. The zero-order valence-corrected chi connectivity index (χ0v) is 6.00. The molecule has 0 saturated heterocycles. The average molecular weight is 151 g/mol. The lowest BCUT2D eigenvalue weighted by molar-refractivity contribution is 0.891. The molecule has 58 valence electrons. The van der Waals surface area contributed by atoms with E-state index in [4.69, 9.17) is 5.73 Å². The molecular formula is C7H9N3O. The third-order valence-electron chi connectivity index (χ3n) is 1.85. The normalized spacial score (nSPS) is 16.7. The summed E-state index contributed by atoms with van der Waals surface area (Å²) >= 11 is 0. The molecule has 0 aliphatic heterocycles. The van der Waals surface area contributed by atoms with Crippen LogP contribution in [0.25, 0.3) is 0 Å². The molecule has 0 unspecified atom stereocenters. The molecule has 1 aromatic heterocycles. The summed E-state index contributed by atoms with van der Waals surface area (Å²) in [5, 5.41) is 6.24. The van der Waals surface area contributed by atoms with E-state index in [1.165, 1.54) is 12.8 Å². The van der Waals surface area contributed by atoms with Crippen LogP contribution in [-0.2, 0) is 0 Å². The van der Waals surface area contributed by atoms with Crippen molar-refractivity contribution in [1.82, 2.24) is 10.2 Å². The van der Waals surface area contributed by atoms with Gasteiger partial charge in [-0.3, -0.25) is 4.79 Å². The molecule has 2 rings (SSSR count). The van der Waals surface area contributed by atoms with Gasteiger partial charge in [-0.2, -0.15) is 5.10 Å². The van der Waals surface area contributed by atoms with Crippen molar-refractivity contribution in [2.75, 3.05) is 5.73 Å². The van der Waals surface area contributed by atoms with Gasteiger partial charge in [0.2, 0.25) is 0 Å². The molecule has 4 nitrogen and oxygen atoms in total. The van der Waals surface area contributed by atoms with Gasteiger partial charge in [-0.15, -0.1) is 0 Å². The number of hydrogen-bond acceptors (Lipinski definition) is 3. The monoisotopic (exact) mass is 151 g/mol. The summed E-state index contributed by atoms with van der Waals surface area (Å²) in [6.45, 7) is 0. The molecule has 0 aromatic carbocycles. The van der Waals surface area contributed by atoms with Crippen LogP contribution in [0.2, 0.25) is 0 Å². The van der Waals surface area contributed by atoms with Gasteiger partial charge in [0.15, 0.2) is 0 Å². The van der Waals surface area contributed by atoms with Gasteiger partial charge in [-0.05, 0) is 18.9 Å². The van der Waals surface area contributed by atoms with Gasteiger partial charge in [0.05, 0.1) is 5.69 Å². The molecule has 0 radical (unpaired) electrons. The van der Waals surface area contributed by atoms with Crippen molar-refractivity contribution in [3.8, 4) is 0 Å². The van der Waals surface area contributed by atoms with E-state index in [1.807, 2.05) is 0 Å². The first-order valence-electron chi connectivity index (χ1n) is 3.62. The zero-order chi connectivity index (χ0) is 7.84. The number of nitrogens with zero attached hydrogens (tertiary/aromatic N) is 1. The fraction of sp³-hybridized carbons (Fsp3) is 0.429. The molecule has 1 aliphatic carbocycles. The third-order valence-corrected chi connectivity index (χ3v) is 1.85. The second kappa shape index (κ2) is 2.08. The molecule has 0 spiro atoms. The SMILES string of the molecule is Nc1cc(C2CC2)n[nH]c1=O. The van der Waals surface area contributed by atoms with Gasteiger partial charge >= 0.3 is 0 Å². The van der Waals surface area contributed by atoms with Crippen LogP contribution in [0.4, 0.5) is 5.69 Å². The predicted molar refractivity (Wildman–Crippen MR) is 41.2 cm³/mol. The second-order valence-electron chi connectivity index (χ2n) is 2.85. The van der Waals surface area contributed by atoms with Crippen LogP contribution in [-0.4, -0.2) is 10.2 Å². The summed E-state index contributed by atoms with van der Waals surface area (Å²) in [5.41, 5.74) is 6.29. The van der Waals surface area contributed by atoms with E-state index in [0.717, 1.165) is 5.69 Å². The first-order chi connectivity index (χ1) is 5.27. The highest BCUT2D eigenvalue weighted by molar-refractivity contribution is 5.36. The van der Waals surface area contributed by atoms with Crippen molar-refractivity contribution in [3.05, 3.63) is 22.1 Å². The number of rotatable bonds is 1. The Morgan fingerprint density at radius 1 is 1.64 bits per heavy atom. The molecule has 4 heteroatoms. The molecule has 1 aliphatic rings. The maximum atomic E-state index is 10.8. The smallest absolute Gasteiger partial charge is 0.287 e. The Balaban J connectivity index is 2.44. The number of nitrogen functional groups attached to an aromatic ring is 1. The van der Waals surface area contributed by atoms with Crippen LogP contribution in [0, 0.1) is 0 Å². The summed E-state index contributed by atoms with van der Waals surface area (Å²) in [6.07, 6.45) is 2.33. The summed E-state index contributed by atoms with van der Waals surface area (Å²) < 4.78 is 0. The lowest BCUT2D eigenvalue weighted by atomic mass is 10.2. The average Bonchev–Trinajstić information content (AvgIpc) is 2.77. The number of H-pyrrole nitrogens is 1. The largest absolute Gasteiger partial charge is 0.394 e. The van der Waals surface area contributed by atoms with Crippen LogP contribution in [0.3, 0.4) is 0 Å². The lowest BCUT2D eigenvalue weighted by Crippen LogP contribution is -2.14. The Labute approximate surface area is 63.4 Å². The number of aromatic amines is 1. The summed E-state index contributed by atoms with van der Waals surface area (Å²) in [5.74, 6) is 0.536. The van der Waals surface area contributed by atoms with E-state index < -0.39 is 0 Å². The molecule has 11 heavy (non-hydrogen) atoms. The van der Waals surface area contributed by atoms with Crippen molar-refractivity contribution in [1.29, 1.82) is 0 Å². The quantitative estimate of drug-likeness (QED) is 0.603. The van der Waals surface area contributed by atoms with Crippen LogP contribution in [0.1, 0.15) is 24.5 Å². The van der Waals surface area contributed by atoms with Crippen LogP contribution in [0.5, 0.6) is 0 Å². The topological polar surface area (TPSA) is 71.8 Å². The highest BCUT2D eigenvalue weighted by Crippen LogP contribution is 2.38. The van der Waals surface area contributed by atoms with Gasteiger partial charge in [-0.25, -0.2) is 5.10 Å². The van der Waals surface area contributed by atoms with E-state index in [1.54, 1.807) is 6.07 Å². The maximum absolute atomic E-state index is 10.8. The minimum atomic E-state index is -0.297. The number of anilines is 1. The number of nitrogens with one attached hydrogen (secondary N) is 1. The molecule has 0 atom stereocenters. The minimum absolute atomic E-state index is 0.266. The predicted octanol–water partition coefficient (Wildman–Crippen LogP) is 0.230.